The molecule has 0 aliphatic heterocycles. The van der Waals surface area contributed by atoms with Crippen molar-refractivity contribution in [2.75, 3.05) is 4.90 Å². The van der Waals surface area contributed by atoms with Gasteiger partial charge in [-0.05, 0) is 172 Å². The quantitative estimate of drug-likeness (QED) is 0.158. The Balaban J connectivity index is 0.997. The zero-order valence-corrected chi connectivity index (χ0v) is 33.3. The molecule has 0 radical (unpaired) electrons. The molecule has 6 aromatic carbocycles. The molecule has 1 heteroatoms. The summed E-state index contributed by atoms with van der Waals surface area (Å²) >= 11 is 0. The molecule has 0 amide bonds. The minimum atomic E-state index is -0.181. The Bertz CT molecular complexity index is 2360. The standard InChI is InChI=1S/C55H55N/c1-54(2)52-33-46(28-29-49(52)51-19-11-18-50(53(51)54)48-17-10-9-16-47(48)42-14-7-4-8-15-42)56(44-24-20-41(21-25-44)40-12-5-3-6-13-40)45-26-22-43(23-27-45)55-34-37-30-38(35-55)32-39(31-37)36-55/h4,7-11,14-29,33,37-40H,3,5-6,12-13,30-32,34-36H2,1-2H3. The van der Waals surface area contributed by atoms with Crippen LogP contribution in [0.5, 0.6) is 0 Å². The molecular formula is C55H55N. The molecule has 5 saturated carbocycles. The van der Waals surface area contributed by atoms with E-state index in [1.807, 2.05) is 0 Å². The van der Waals surface area contributed by atoms with E-state index in [4.69, 9.17) is 0 Å². The highest BCUT2D eigenvalue weighted by Crippen LogP contribution is 2.61. The van der Waals surface area contributed by atoms with Gasteiger partial charge in [-0.2, -0.15) is 0 Å². The van der Waals surface area contributed by atoms with E-state index in [2.05, 4.69) is 158 Å². The van der Waals surface area contributed by atoms with Crippen LogP contribution in [-0.2, 0) is 10.8 Å². The van der Waals surface area contributed by atoms with E-state index in [-0.39, 0.29) is 5.41 Å². The van der Waals surface area contributed by atoms with Gasteiger partial charge in [0.15, 0.2) is 0 Å². The fourth-order valence-electron chi connectivity index (χ4n) is 13.0. The minimum Gasteiger partial charge on any atom is -0.310 e. The number of benzene rings is 6. The van der Waals surface area contributed by atoms with Gasteiger partial charge in [-0.15, -0.1) is 0 Å². The van der Waals surface area contributed by atoms with Crippen molar-refractivity contribution in [3.63, 3.8) is 0 Å². The number of fused-ring (bicyclic) bond motifs is 3. The fourth-order valence-corrected chi connectivity index (χ4v) is 13.0. The lowest BCUT2D eigenvalue weighted by Gasteiger charge is -2.57. The van der Waals surface area contributed by atoms with Gasteiger partial charge in [0.25, 0.3) is 0 Å². The molecule has 4 bridgehead atoms. The third-order valence-corrected chi connectivity index (χ3v) is 15.2. The van der Waals surface area contributed by atoms with Crippen LogP contribution in [0, 0.1) is 17.8 Å². The van der Waals surface area contributed by atoms with Gasteiger partial charge in [0.1, 0.15) is 0 Å². The van der Waals surface area contributed by atoms with Crippen LogP contribution >= 0.6 is 0 Å². The Morgan fingerprint density at radius 3 is 1.70 bits per heavy atom. The Kier molecular flexibility index (Phi) is 8.20. The van der Waals surface area contributed by atoms with Gasteiger partial charge in [-0.25, -0.2) is 0 Å². The van der Waals surface area contributed by atoms with Crippen molar-refractivity contribution in [2.45, 2.75) is 101 Å². The lowest BCUT2D eigenvalue weighted by atomic mass is 9.48. The molecule has 1 nitrogen and oxygen atoms in total. The van der Waals surface area contributed by atoms with Crippen molar-refractivity contribution >= 4 is 17.1 Å². The third-order valence-electron chi connectivity index (χ3n) is 15.2. The molecule has 6 aromatic rings. The second kappa shape index (κ2) is 13.4. The van der Waals surface area contributed by atoms with Crippen LogP contribution < -0.4 is 4.90 Å². The molecule has 0 spiro atoms. The maximum absolute atomic E-state index is 2.54. The lowest BCUT2D eigenvalue weighted by molar-refractivity contribution is -0.00518. The largest absolute Gasteiger partial charge is 0.310 e. The summed E-state index contributed by atoms with van der Waals surface area (Å²) in [5.41, 5.74) is 17.8. The maximum atomic E-state index is 2.54. The van der Waals surface area contributed by atoms with Crippen molar-refractivity contribution in [2.24, 2.45) is 17.8 Å². The topological polar surface area (TPSA) is 3.24 Å². The predicted molar refractivity (Wildman–Crippen MR) is 235 cm³/mol. The van der Waals surface area contributed by atoms with Crippen molar-refractivity contribution in [1.29, 1.82) is 0 Å². The van der Waals surface area contributed by atoms with Crippen LogP contribution in [0.1, 0.15) is 113 Å². The minimum absolute atomic E-state index is 0.181. The molecule has 0 atom stereocenters. The molecule has 56 heavy (non-hydrogen) atoms. The number of nitrogens with zero attached hydrogens (tertiary/aromatic N) is 1. The first-order valence-corrected chi connectivity index (χ1v) is 21.9. The summed E-state index contributed by atoms with van der Waals surface area (Å²) in [6, 6.07) is 53.8. The average Bonchev–Trinajstić information content (AvgIpc) is 3.47. The molecule has 0 N–H and O–H groups in total. The van der Waals surface area contributed by atoms with Crippen LogP contribution in [0.3, 0.4) is 0 Å². The zero-order valence-electron chi connectivity index (χ0n) is 33.3. The predicted octanol–water partition coefficient (Wildman–Crippen LogP) is 15.3. The van der Waals surface area contributed by atoms with E-state index in [1.54, 1.807) is 5.56 Å². The Hall–Kier alpha value is -4.88. The van der Waals surface area contributed by atoms with Crippen LogP contribution in [0.25, 0.3) is 33.4 Å². The first-order valence-electron chi connectivity index (χ1n) is 21.9. The summed E-state index contributed by atoms with van der Waals surface area (Å²) in [5.74, 6) is 3.55. The molecule has 280 valence electrons. The summed E-state index contributed by atoms with van der Waals surface area (Å²) in [4.78, 5) is 2.54. The molecule has 0 saturated heterocycles. The van der Waals surface area contributed by atoms with Crippen LogP contribution in [-0.4, -0.2) is 0 Å². The first-order chi connectivity index (χ1) is 27.4. The van der Waals surface area contributed by atoms with Crippen molar-refractivity contribution in [3.05, 3.63) is 162 Å². The van der Waals surface area contributed by atoms with E-state index in [0.717, 1.165) is 17.8 Å². The van der Waals surface area contributed by atoms with E-state index >= 15 is 0 Å². The van der Waals surface area contributed by atoms with E-state index < -0.39 is 0 Å². The number of hydrogen-bond acceptors (Lipinski definition) is 1. The van der Waals surface area contributed by atoms with Gasteiger partial charge in [-0.1, -0.05) is 136 Å². The van der Waals surface area contributed by atoms with Gasteiger partial charge in [0.2, 0.25) is 0 Å². The van der Waals surface area contributed by atoms with Gasteiger partial charge < -0.3 is 4.90 Å². The summed E-state index contributed by atoms with van der Waals surface area (Å²) in [6.45, 7) is 4.89. The Morgan fingerprint density at radius 2 is 1.04 bits per heavy atom. The monoisotopic (exact) mass is 729 g/mol. The number of rotatable bonds is 7. The van der Waals surface area contributed by atoms with E-state index in [1.165, 1.54) is 138 Å². The second-order valence-corrected chi connectivity index (χ2v) is 19.0. The van der Waals surface area contributed by atoms with Crippen molar-refractivity contribution in [1.82, 2.24) is 0 Å². The molecular weight excluding hydrogens is 675 g/mol. The zero-order chi connectivity index (χ0) is 37.4. The Labute approximate surface area is 334 Å². The number of anilines is 3. The van der Waals surface area contributed by atoms with Crippen molar-refractivity contribution < 1.29 is 0 Å². The highest BCUT2D eigenvalue weighted by atomic mass is 15.1. The fraction of sp³-hybridized carbons (Fsp3) is 0.345. The highest BCUT2D eigenvalue weighted by Gasteiger charge is 2.51. The van der Waals surface area contributed by atoms with Crippen LogP contribution in [0.4, 0.5) is 17.1 Å². The smallest absolute Gasteiger partial charge is 0.0465 e. The van der Waals surface area contributed by atoms with Gasteiger partial charge in [0.05, 0.1) is 0 Å². The third kappa shape index (κ3) is 5.63. The summed E-state index contributed by atoms with van der Waals surface area (Å²) < 4.78 is 0. The SMILES string of the molecule is CC1(C)c2cc(N(c3ccc(C4CCCCC4)cc3)c3ccc(C45CC6CC(CC(C6)C4)C5)cc3)ccc2-c2cccc(-c3ccccc3-c3ccccc3)c21. The number of hydrogen-bond donors (Lipinski definition) is 0. The van der Waals surface area contributed by atoms with Gasteiger partial charge in [-0.3, -0.25) is 0 Å². The van der Waals surface area contributed by atoms with Crippen LogP contribution in [0.15, 0.2) is 140 Å². The van der Waals surface area contributed by atoms with Gasteiger partial charge in [0, 0.05) is 22.5 Å². The van der Waals surface area contributed by atoms with E-state index in [0.29, 0.717) is 11.3 Å². The molecule has 0 unspecified atom stereocenters. The second-order valence-electron chi connectivity index (χ2n) is 19.0. The molecule has 5 fully saturated rings. The molecule has 12 rings (SSSR count). The maximum Gasteiger partial charge on any atom is 0.0465 e. The molecule has 6 aliphatic carbocycles. The Morgan fingerprint density at radius 1 is 0.482 bits per heavy atom. The summed E-state index contributed by atoms with van der Waals surface area (Å²) in [6.07, 6.45) is 15.4. The highest BCUT2D eigenvalue weighted by molar-refractivity contribution is 5.94. The lowest BCUT2D eigenvalue weighted by Crippen LogP contribution is -2.48. The first kappa shape index (κ1) is 34.4. The van der Waals surface area contributed by atoms with Crippen LogP contribution in [0.2, 0.25) is 0 Å². The van der Waals surface area contributed by atoms with Gasteiger partial charge >= 0.3 is 0 Å². The summed E-state index contributed by atoms with van der Waals surface area (Å²) in [7, 11) is 0. The van der Waals surface area contributed by atoms with Crippen molar-refractivity contribution in [3.8, 4) is 33.4 Å². The summed E-state index contributed by atoms with van der Waals surface area (Å²) in [5, 5.41) is 0. The molecule has 6 aliphatic rings. The molecule has 0 heterocycles. The molecule has 0 aromatic heterocycles. The average molecular weight is 730 g/mol. The van der Waals surface area contributed by atoms with E-state index in [9.17, 15) is 0 Å². The normalized spacial score (nSPS) is 24.5.